The molecule has 3 nitrogen and oxygen atoms in total. The monoisotopic (exact) mass is 258 g/mol. The predicted molar refractivity (Wildman–Crippen MR) is 65.0 cm³/mol. The van der Waals surface area contributed by atoms with E-state index in [2.05, 4.69) is 0 Å². The van der Waals surface area contributed by atoms with Crippen molar-refractivity contribution in [2.45, 2.75) is 12.5 Å². The molecule has 1 aliphatic heterocycles. The van der Waals surface area contributed by atoms with Crippen molar-refractivity contribution in [3.8, 4) is 0 Å². The van der Waals surface area contributed by atoms with Crippen molar-refractivity contribution in [2.24, 2.45) is 5.73 Å². The van der Waals surface area contributed by atoms with Gasteiger partial charge in [-0.15, -0.1) is 0 Å². The average molecular weight is 259 g/mol. The topological polar surface area (TPSA) is 46.3 Å². The second-order valence-electron chi connectivity index (χ2n) is 3.93. The highest BCUT2D eigenvalue weighted by Crippen LogP contribution is 2.23. The van der Waals surface area contributed by atoms with Gasteiger partial charge >= 0.3 is 0 Å². The Morgan fingerprint density at radius 1 is 1.38 bits per heavy atom. The largest absolute Gasteiger partial charge is 0.337 e. The van der Waals surface area contributed by atoms with Crippen LogP contribution in [0.1, 0.15) is 16.8 Å². The Morgan fingerprint density at radius 2 is 2.12 bits per heavy atom. The van der Waals surface area contributed by atoms with Gasteiger partial charge in [0.1, 0.15) is 0 Å². The lowest BCUT2D eigenvalue weighted by Crippen LogP contribution is -2.31. The summed E-state index contributed by atoms with van der Waals surface area (Å²) in [4.78, 5) is 13.8. The summed E-state index contributed by atoms with van der Waals surface area (Å²) in [6.07, 6.45) is 0.854. The molecule has 0 unspecified atom stereocenters. The molecule has 0 bridgehead atoms. The average Bonchev–Trinajstić information content (AvgIpc) is 2.68. The Balaban J connectivity index is 2.18. The van der Waals surface area contributed by atoms with Crippen molar-refractivity contribution in [3.63, 3.8) is 0 Å². The molecule has 86 valence electrons. The van der Waals surface area contributed by atoms with Crippen LogP contribution in [0, 0.1) is 0 Å². The Labute approximate surface area is 104 Å². The number of nitrogens with zero attached hydrogens (tertiary/aromatic N) is 1. The van der Waals surface area contributed by atoms with Gasteiger partial charge in [-0.05, 0) is 24.6 Å². The number of carbonyl (C=O) groups excluding carboxylic acids is 1. The summed E-state index contributed by atoms with van der Waals surface area (Å²) in [5.41, 5.74) is 6.31. The van der Waals surface area contributed by atoms with Crippen LogP contribution in [0.2, 0.25) is 10.0 Å². The van der Waals surface area contributed by atoms with Crippen LogP contribution in [-0.2, 0) is 0 Å². The van der Waals surface area contributed by atoms with Gasteiger partial charge in [-0.2, -0.15) is 0 Å². The van der Waals surface area contributed by atoms with E-state index in [4.69, 9.17) is 28.9 Å². The molecule has 1 aromatic rings. The van der Waals surface area contributed by atoms with E-state index >= 15 is 0 Å². The van der Waals surface area contributed by atoms with Crippen molar-refractivity contribution in [1.82, 2.24) is 4.90 Å². The van der Waals surface area contributed by atoms with Gasteiger partial charge in [0.05, 0.1) is 10.0 Å². The lowest BCUT2D eigenvalue weighted by atomic mass is 10.2. The molecule has 0 aromatic heterocycles. The van der Waals surface area contributed by atoms with Crippen LogP contribution in [0.4, 0.5) is 0 Å². The molecule has 2 N–H and O–H groups in total. The van der Waals surface area contributed by atoms with Gasteiger partial charge in [-0.25, -0.2) is 0 Å². The summed E-state index contributed by atoms with van der Waals surface area (Å²) in [6.45, 7) is 1.32. The van der Waals surface area contributed by atoms with Crippen LogP contribution in [0.3, 0.4) is 0 Å². The number of nitrogens with two attached hydrogens (primary N) is 1. The number of hydrogen-bond acceptors (Lipinski definition) is 2. The summed E-state index contributed by atoms with van der Waals surface area (Å²) >= 11 is 11.7. The van der Waals surface area contributed by atoms with Crippen molar-refractivity contribution in [2.75, 3.05) is 13.1 Å². The van der Waals surface area contributed by atoms with Gasteiger partial charge in [0.25, 0.3) is 5.91 Å². The van der Waals surface area contributed by atoms with Crippen molar-refractivity contribution in [3.05, 3.63) is 33.8 Å². The maximum Gasteiger partial charge on any atom is 0.253 e. The fourth-order valence-corrected chi connectivity index (χ4v) is 2.08. The third-order valence-corrected chi connectivity index (χ3v) is 3.42. The molecule has 2 rings (SSSR count). The molecule has 1 aromatic carbocycles. The number of rotatable bonds is 1. The summed E-state index contributed by atoms with van der Waals surface area (Å²) < 4.78 is 0. The molecule has 1 amide bonds. The quantitative estimate of drug-likeness (QED) is 0.840. The summed E-state index contributed by atoms with van der Waals surface area (Å²) in [5, 5.41) is 0.854. The maximum atomic E-state index is 12.0. The first-order chi connectivity index (χ1) is 7.58. The van der Waals surface area contributed by atoms with Crippen LogP contribution < -0.4 is 5.73 Å². The molecular weight excluding hydrogens is 247 g/mol. The number of halogens is 2. The predicted octanol–water partition coefficient (Wildman–Crippen LogP) is 2.17. The summed E-state index contributed by atoms with van der Waals surface area (Å²) in [5.74, 6) is -0.0356. The van der Waals surface area contributed by atoms with E-state index < -0.39 is 0 Å². The standard InChI is InChI=1S/C11H12Cl2N2O/c12-9-2-1-7(5-10(9)13)11(16)15-4-3-8(14)6-15/h1-2,5,8H,3-4,6,14H2/t8-/m1/s1. The normalized spacial score (nSPS) is 20.2. The van der Waals surface area contributed by atoms with Crippen molar-refractivity contribution >= 4 is 29.1 Å². The first kappa shape index (κ1) is 11.7. The van der Waals surface area contributed by atoms with Gasteiger partial charge < -0.3 is 10.6 Å². The van der Waals surface area contributed by atoms with Gasteiger partial charge in [0.15, 0.2) is 0 Å². The number of likely N-dealkylation sites (tertiary alicyclic amines) is 1. The SMILES string of the molecule is N[C@@H]1CCN(C(=O)c2ccc(Cl)c(Cl)c2)C1. The Hall–Kier alpha value is -0.770. The van der Waals surface area contributed by atoms with Crippen LogP contribution in [-0.4, -0.2) is 29.9 Å². The molecule has 1 fully saturated rings. The molecule has 0 radical (unpaired) electrons. The van der Waals surface area contributed by atoms with Gasteiger partial charge in [-0.1, -0.05) is 23.2 Å². The van der Waals surface area contributed by atoms with E-state index in [0.29, 0.717) is 28.7 Å². The Bertz CT molecular complexity index is 422. The Kier molecular flexibility index (Phi) is 3.38. The number of hydrogen-bond donors (Lipinski definition) is 1. The molecular formula is C11H12Cl2N2O. The highest BCUT2D eigenvalue weighted by atomic mass is 35.5. The van der Waals surface area contributed by atoms with Gasteiger partial charge in [0, 0.05) is 24.7 Å². The van der Waals surface area contributed by atoms with E-state index in [-0.39, 0.29) is 11.9 Å². The highest BCUT2D eigenvalue weighted by Gasteiger charge is 2.24. The van der Waals surface area contributed by atoms with Crippen LogP contribution in [0.25, 0.3) is 0 Å². The third-order valence-electron chi connectivity index (χ3n) is 2.68. The lowest BCUT2D eigenvalue weighted by Gasteiger charge is -2.15. The first-order valence-electron chi connectivity index (χ1n) is 5.08. The number of amides is 1. The highest BCUT2D eigenvalue weighted by molar-refractivity contribution is 6.42. The summed E-state index contributed by atoms with van der Waals surface area (Å²) in [7, 11) is 0. The zero-order valence-electron chi connectivity index (χ0n) is 8.62. The van der Waals surface area contributed by atoms with Crippen LogP contribution >= 0.6 is 23.2 Å². The van der Waals surface area contributed by atoms with E-state index in [1.165, 1.54) is 0 Å². The number of benzene rings is 1. The van der Waals surface area contributed by atoms with Gasteiger partial charge in [0.2, 0.25) is 0 Å². The minimum Gasteiger partial charge on any atom is -0.337 e. The molecule has 1 heterocycles. The van der Waals surface area contributed by atoms with Crippen molar-refractivity contribution < 1.29 is 4.79 Å². The molecule has 0 aliphatic carbocycles. The molecule has 1 saturated heterocycles. The lowest BCUT2D eigenvalue weighted by molar-refractivity contribution is 0.0791. The molecule has 1 aliphatic rings. The van der Waals surface area contributed by atoms with Crippen molar-refractivity contribution in [1.29, 1.82) is 0 Å². The van der Waals surface area contributed by atoms with Crippen LogP contribution in [0.15, 0.2) is 18.2 Å². The van der Waals surface area contributed by atoms with Crippen LogP contribution in [0.5, 0.6) is 0 Å². The molecule has 16 heavy (non-hydrogen) atoms. The smallest absolute Gasteiger partial charge is 0.253 e. The summed E-state index contributed by atoms with van der Waals surface area (Å²) in [6, 6.07) is 5.00. The molecule has 5 heteroatoms. The van der Waals surface area contributed by atoms with Gasteiger partial charge in [-0.3, -0.25) is 4.79 Å². The molecule has 1 atom stereocenters. The zero-order chi connectivity index (χ0) is 11.7. The minimum absolute atomic E-state index is 0.0356. The van der Waals surface area contributed by atoms with E-state index in [1.54, 1.807) is 23.1 Å². The fourth-order valence-electron chi connectivity index (χ4n) is 1.78. The molecule has 0 spiro atoms. The Morgan fingerprint density at radius 3 is 2.69 bits per heavy atom. The van der Waals surface area contributed by atoms with E-state index in [9.17, 15) is 4.79 Å². The zero-order valence-corrected chi connectivity index (χ0v) is 10.1. The second kappa shape index (κ2) is 4.62. The van der Waals surface area contributed by atoms with E-state index in [0.717, 1.165) is 6.42 Å². The number of carbonyl (C=O) groups is 1. The maximum absolute atomic E-state index is 12.0. The third kappa shape index (κ3) is 2.32. The van der Waals surface area contributed by atoms with E-state index in [1.807, 2.05) is 0 Å². The second-order valence-corrected chi connectivity index (χ2v) is 4.74. The fraction of sp³-hybridized carbons (Fsp3) is 0.364. The molecule has 0 saturated carbocycles. The first-order valence-corrected chi connectivity index (χ1v) is 5.83. The minimum atomic E-state index is -0.0356.